The van der Waals surface area contributed by atoms with Gasteiger partial charge in [0.25, 0.3) is 0 Å². The molecule has 2 aromatic carbocycles. The van der Waals surface area contributed by atoms with Crippen molar-refractivity contribution in [3.8, 4) is 6.07 Å². The molecule has 0 aromatic heterocycles. The van der Waals surface area contributed by atoms with E-state index in [0.29, 0.717) is 16.4 Å². The number of methoxy groups -OCH3 is 1. The number of rotatable bonds is 12. The first-order valence-corrected chi connectivity index (χ1v) is 21.7. The minimum Gasteiger partial charge on any atom is -0.453 e. The van der Waals surface area contributed by atoms with Gasteiger partial charge in [-0.2, -0.15) is 5.26 Å². The topological polar surface area (TPSA) is 126 Å². The second kappa shape index (κ2) is 17.0. The molecule has 5 fully saturated rings. The van der Waals surface area contributed by atoms with Gasteiger partial charge in [-0.25, -0.2) is 17.6 Å². The number of carbonyl (C=O) groups is 2. The monoisotopic (exact) mass is 774 g/mol. The molecule has 1 saturated carbocycles. The molecule has 0 spiro atoms. The lowest BCUT2D eigenvalue weighted by molar-refractivity contribution is -0.129. The zero-order valence-electron chi connectivity index (χ0n) is 32.0. The number of nitriles is 1. The minimum atomic E-state index is -3.53. The van der Waals surface area contributed by atoms with Crippen LogP contribution in [0.25, 0.3) is 0 Å². The number of hydrogen-bond acceptors (Lipinski definition) is 9. The standard InChI is InChI=1S/C42H55FN6O5S/c1-54-41(51)45-39-11-6-10-38(39)42(30-44,33-8-5-9-34(43)24-33)32-17-22-47(23-18-32)25-31-26-48(27-31)35-13-15-36(16-14-35)55(52,53)37-28-49(29-37)40(50)12-7-21-46-19-3-2-4-20-46/h5,7-9,12-16,24,31-32,37-39H,2-4,6,10-11,17-23,25-29H2,1H3,(H,45,51)/b12-7+/t38-,39-,42-/m0/s1. The number of ether oxygens (including phenoxy) is 1. The van der Waals surface area contributed by atoms with Crippen molar-refractivity contribution in [2.45, 2.75) is 73.0 Å². The summed E-state index contributed by atoms with van der Waals surface area (Å²) in [5.74, 6) is -0.143. The SMILES string of the molecule is COC(=O)N[C@H]1CCC[C@@H]1[C@](C#N)(c1cccc(F)c1)C1CCN(CC2CN(c3ccc(S(=O)(=O)C4CN(C(=O)/C=C/CN5CCCCC5)C4)cc3)C2)CC1. The van der Waals surface area contributed by atoms with Gasteiger partial charge in [0.2, 0.25) is 5.91 Å². The van der Waals surface area contributed by atoms with Crippen molar-refractivity contribution in [1.29, 1.82) is 5.26 Å². The van der Waals surface area contributed by atoms with Crippen molar-refractivity contribution in [2.24, 2.45) is 17.8 Å². The molecule has 1 aliphatic carbocycles. The molecule has 2 aromatic rings. The highest BCUT2D eigenvalue weighted by Gasteiger charge is 2.53. The average Bonchev–Trinajstić information content (AvgIpc) is 3.62. The lowest BCUT2D eigenvalue weighted by Crippen LogP contribution is -2.56. The molecule has 1 N–H and O–H groups in total. The number of piperidine rings is 2. The first-order valence-electron chi connectivity index (χ1n) is 20.1. The normalized spacial score (nSPS) is 24.5. The van der Waals surface area contributed by atoms with Crippen molar-refractivity contribution in [3.05, 3.63) is 72.1 Å². The van der Waals surface area contributed by atoms with Gasteiger partial charge in [0.15, 0.2) is 9.84 Å². The van der Waals surface area contributed by atoms with Crippen molar-refractivity contribution in [2.75, 3.05) is 77.5 Å². The van der Waals surface area contributed by atoms with Crippen molar-refractivity contribution >= 4 is 27.5 Å². The van der Waals surface area contributed by atoms with E-state index in [4.69, 9.17) is 4.74 Å². The Morgan fingerprint density at radius 2 is 1.67 bits per heavy atom. The van der Waals surface area contributed by atoms with Gasteiger partial charge in [0.05, 0.1) is 23.5 Å². The number of halogens is 1. The number of hydrogen-bond donors (Lipinski definition) is 1. The summed E-state index contributed by atoms with van der Waals surface area (Å²) in [7, 11) is -2.19. The van der Waals surface area contributed by atoms with Crippen LogP contribution in [0.3, 0.4) is 0 Å². The Kier molecular flexibility index (Phi) is 12.1. The number of alkyl carbamates (subject to hydrolysis) is 1. The first kappa shape index (κ1) is 39.3. The summed E-state index contributed by atoms with van der Waals surface area (Å²) in [6.07, 6.45) is 10.7. The third-order valence-corrected chi connectivity index (χ3v) is 15.1. The van der Waals surface area contributed by atoms with Gasteiger partial charge in [-0.1, -0.05) is 31.1 Å². The predicted octanol–water partition coefficient (Wildman–Crippen LogP) is 4.99. The van der Waals surface area contributed by atoms with Gasteiger partial charge in [-0.05, 0) is 113 Å². The molecule has 55 heavy (non-hydrogen) atoms. The van der Waals surface area contributed by atoms with E-state index in [0.717, 1.165) is 90.1 Å². The summed E-state index contributed by atoms with van der Waals surface area (Å²) < 4.78 is 46.2. The van der Waals surface area contributed by atoms with Crippen LogP contribution in [-0.4, -0.2) is 119 Å². The molecule has 4 saturated heterocycles. The van der Waals surface area contributed by atoms with Crippen LogP contribution in [0.5, 0.6) is 0 Å². The van der Waals surface area contributed by atoms with Gasteiger partial charge in [-0.3, -0.25) is 9.69 Å². The van der Waals surface area contributed by atoms with Gasteiger partial charge >= 0.3 is 6.09 Å². The number of sulfone groups is 1. The second-order valence-corrected chi connectivity index (χ2v) is 18.5. The van der Waals surface area contributed by atoms with Crippen LogP contribution in [0.2, 0.25) is 0 Å². The van der Waals surface area contributed by atoms with Crippen LogP contribution in [0, 0.1) is 34.9 Å². The summed E-state index contributed by atoms with van der Waals surface area (Å²) in [5, 5.41) is 13.3. The van der Waals surface area contributed by atoms with E-state index in [9.17, 15) is 27.7 Å². The maximum absolute atomic E-state index is 14.6. The van der Waals surface area contributed by atoms with Crippen LogP contribution in [0.15, 0.2) is 65.6 Å². The molecule has 0 radical (unpaired) electrons. The summed E-state index contributed by atoms with van der Waals surface area (Å²) in [6, 6.07) is 16.1. The van der Waals surface area contributed by atoms with E-state index >= 15 is 0 Å². The van der Waals surface area contributed by atoms with Crippen molar-refractivity contribution in [1.82, 2.24) is 20.0 Å². The molecule has 0 unspecified atom stereocenters. The van der Waals surface area contributed by atoms with Crippen LogP contribution >= 0.6 is 0 Å². The Hall–Kier alpha value is -3.99. The number of carbonyl (C=O) groups excluding carboxylic acids is 2. The average molecular weight is 775 g/mol. The summed E-state index contributed by atoms with van der Waals surface area (Å²) in [6.45, 7) is 7.71. The van der Waals surface area contributed by atoms with E-state index < -0.39 is 26.6 Å². The van der Waals surface area contributed by atoms with Crippen molar-refractivity contribution in [3.63, 3.8) is 0 Å². The Bertz CT molecular complexity index is 1840. The summed E-state index contributed by atoms with van der Waals surface area (Å²) in [4.78, 5) is 33.8. The Labute approximate surface area is 325 Å². The van der Waals surface area contributed by atoms with Crippen LogP contribution < -0.4 is 10.2 Å². The predicted molar refractivity (Wildman–Crippen MR) is 209 cm³/mol. The van der Waals surface area contributed by atoms with Crippen LogP contribution in [0.1, 0.15) is 56.9 Å². The molecule has 4 aliphatic heterocycles. The Morgan fingerprint density at radius 1 is 0.945 bits per heavy atom. The lowest BCUT2D eigenvalue weighted by atomic mass is 9.59. The number of benzene rings is 2. The van der Waals surface area contributed by atoms with E-state index in [1.807, 2.05) is 24.3 Å². The highest BCUT2D eigenvalue weighted by atomic mass is 32.2. The Morgan fingerprint density at radius 3 is 2.35 bits per heavy atom. The zero-order valence-corrected chi connectivity index (χ0v) is 32.8. The highest BCUT2D eigenvalue weighted by Crippen LogP contribution is 2.50. The van der Waals surface area contributed by atoms with Gasteiger partial charge < -0.3 is 24.8 Å². The fourth-order valence-corrected chi connectivity index (χ4v) is 11.5. The summed E-state index contributed by atoms with van der Waals surface area (Å²) >= 11 is 0. The molecule has 0 bridgehead atoms. The van der Waals surface area contributed by atoms with Gasteiger partial charge in [0.1, 0.15) is 11.1 Å². The lowest BCUT2D eigenvalue weighted by Gasteiger charge is -2.48. The smallest absolute Gasteiger partial charge is 0.407 e. The quantitative estimate of drug-likeness (QED) is 0.297. The third-order valence-electron chi connectivity index (χ3n) is 13.0. The zero-order chi connectivity index (χ0) is 38.6. The number of nitrogens with zero attached hydrogens (tertiary/aromatic N) is 5. The number of amides is 2. The molecule has 296 valence electrons. The molecule has 2 amide bonds. The Balaban J connectivity index is 0.889. The molecular weight excluding hydrogens is 720 g/mol. The largest absolute Gasteiger partial charge is 0.453 e. The van der Waals surface area contributed by atoms with Crippen molar-refractivity contribution < 1.29 is 27.1 Å². The molecule has 7 rings (SSSR count). The molecular formula is C42H55FN6O5S. The molecule has 11 nitrogen and oxygen atoms in total. The molecule has 4 heterocycles. The van der Waals surface area contributed by atoms with Crippen LogP contribution in [0.4, 0.5) is 14.9 Å². The van der Waals surface area contributed by atoms with E-state index in [1.54, 1.807) is 29.2 Å². The minimum absolute atomic E-state index is 0.0166. The van der Waals surface area contributed by atoms with Gasteiger partial charge in [-0.15, -0.1) is 0 Å². The number of nitrogens with one attached hydrogen (secondary N) is 1. The molecule has 5 aliphatic rings. The molecule has 3 atom stereocenters. The van der Waals surface area contributed by atoms with Crippen LogP contribution in [-0.2, 0) is 24.8 Å². The second-order valence-electron chi connectivity index (χ2n) is 16.3. The number of anilines is 1. The van der Waals surface area contributed by atoms with Gasteiger partial charge in [0, 0.05) is 68.9 Å². The first-order chi connectivity index (χ1) is 26.6. The maximum atomic E-state index is 14.6. The highest BCUT2D eigenvalue weighted by molar-refractivity contribution is 7.92. The molecule has 13 heteroatoms. The fourth-order valence-electron chi connectivity index (χ4n) is 9.86. The van der Waals surface area contributed by atoms with E-state index in [2.05, 4.69) is 26.1 Å². The number of likely N-dealkylation sites (tertiary alicyclic amines) is 3. The maximum Gasteiger partial charge on any atom is 0.407 e. The van der Waals surface area contributed by atoms with E-state index in [1.165, 1.54) is 38.5 Å². The fraction of sp³-hybridized carbons (Fsp3) is 0.595. The third kappa shape index (κ3) is 8.42. The summed E-state index contributed by atoms with van der Waals surface area (Å²) in [5.41, 5.74) is 0.767. The van der Waals surface area contributed by atoms with E-state index in [-0.39, 0.29) is 42.7 Å².